The number of halogens is 3. The van der Waals surface area contributed by atoms with Crippen LogP contribution in [0.25, 0.3) is 11.0 Å². The van der Waals surface area contributed by atoms with Crippen LogP contribution in [0.3, 0.4) is 0 Å². The lowest BCUT2D eigenvalue weighted by Crippen LogP contribution is -2.43. The minimum atomic E-state index is -4.71. The monoisotopic (exact) mass is 543 g/mol. The van der Waals surface area contributed by atoms with E-state index < -0.39 is 24.0 Å². The van der Waals surface area contributed by atoms with Gasteiger partial charge in [-0.2, -0.15) is 13.2 Å². The first-order chi connectivity index (χ1) is 18.7. The number of methoxy groups -OCH3 is 1. The summed E-state index contributed by atoms with van der Waals surface area (Å²) >= 11 is 0. The number of rotatable bonds is 7. The molecule has 0 saturated carbocycles. The molecule has 9 nitrogen and oxygen atoms in total. The molecule has 3 aromatic rings. The lowest BCUT2D eigenvalue weighted by atomic mass is 9.95. The Bertz CT molecular complexity index is 1380. The summed E-state index contributed by atoms with van der Waals surface area (Å²) in [7, 11) is 2.65. The van der Waals surface area contributed by atoms with E-state index in [1.807, 2.05) is 6.07 Å². The van der Waals surface area contributed by atoms with Crippen molar-refractivity contribution in [2.45, 2.75) is 31.0 Å². The van der Waals surface area contributed by atoms with Gasteiger partial charge in [0.05, 0.1) is 42.6 Å². The SMILES string of the molecule is COc1ccc2ncc(Nc3ccc([C@H](N(C)C(=O)[C@H]4CNC(=O)C4)C(F)(F)F)cc3)c([C@@H]3CCOC3)c2n1. The minimum Gasteiger partial charge on any atom is -0.481 e. The van der Waals surface area contributed by atoms with Gasteiger partial charge in [0, 0.05) is 49.9 Å². The summed E-state index contributed by atoms with van der Waals surface area (Å²) in [5.41, 5.74) is 3.39. The summed E-state index contributed by atoms with van der Waals surface area (Å²) < 4.78 is 53.3. The van der Waals surface area contributed by atoms with Gasteiger partial charge in [-0.25, -0.2) is 4.98 Å². The standard InChI is InChI=1S/C27H28F3N5O4/c1-35(26(37)17-11-21(36)32-12-17)25(27(28,29)30)15-3-5-18(6-4-15)33-20-13-31-19-7-8-22(38-2)34-24(19)23(20)16-9-10-39-14-16/h3-8,13,16-17,25,33H,9-12,14H2,1-2H3,(H,32,36)/t16-,17-,25+/m1/s1. The molecule has 2 fully saturated rings. The molecule has 2 aliphatic rings. The molecule has 0 bridgehead atoms. The summed E-state index contributed by atoms with van der Waals surface area (Å²) in [4.78, 5) is 34.0. The van der Waals surface area contributed by atoms with Crippen LogP contribution in [-0.4, -0.2) is 66.8 Å². The number of aromatic nitrogens is 2. The number of pyridine rings is 2. The first-order valence-electron chi connectivity index (χ1n) is 12.5. The van der Waals surface area contributed by atoms with Gasteiger partial charge in [-0.3, -0.25) is 14.6 Å². The van der Waals surface area contributed by atoms with Crippen LogP contribution in [0.15, 0.2) is 42.6 Å². The number of carbonyl (C=O) groups excluding carboxylic acids is 2. The van der Waals surface area contributed by atoms with Gasteiger partial charge in [0.1, 0.15) is 0 Å². The molecule has 2 saturated heterocycles. The quantitative estimate of drug-likeness (QED) is 0.463. The van der Waals surface area contributed by atoms with Crippen molar-refractivity contribution in [3.05, 3.63) is 53.7 Å². The second-order valence-corrected chi connectivity index (χ2v) is 9.71. The number of benzene rings is 1. The molecule has 2 aliphatic heterocycles. The van der Waals surface area contributed by atoms with Gasteiger partial charge in [-0.1, -0.05) is 12.1 Å². The second kappa shape index (κ2) is 10.7. The van der Waals surface area contributed by atoms with Crippen molar-refractivity contribution in [3.63, 3.8) is 0 Å². The van der Waals surface area contributed by atoms with E-state index in [1.54, 1.807) is 12.3 Å². The highest BCUT2D eigenvalue weighted by Gasteiger charge is 2.46. The maximum Gasteiger partial charge on any atom is 0.413 e. The third kappa shape index (κ3) is 5.47. The van der Waals surface area contributed by atoms with E-state index >= 15 is 0 Å². The van der Waals surface area contributed by atoms with E-state index in [0.717, 1.165) is 19.0 Å². The molecule has 5 rings (SSSR count). The Labute approximate surface area is 222 Å². The normalized spacial score (nSPS) is 20.1. The third-order valence-electron chi connectivity index (χ3n) is 7.15. The minimum absolute atomic E-state index is 0.0321. The molecule has 2 aromatic heterocycles. The van der Waals surface area contributed by atoms with Gasteiger partial charge in [-0.05, 0) is 30.2 Å². The van der Waals surface area contributed by atoms with E-state index in [1.165, 1.54) is 31.4 Å². The number of hydrogen-bond acceptors (Lipinski definition) is 7. The average Bonchev–Trinajstić information content (AvgIpc) is 3.60. The van der Waals surface area contributed by atoms with Crippen LogP contribution in [0.5, 0.6) is 5.88 Å². The van der Waals surface area contributed by atoms with E-state index in [9.17, 15) is 22.8 Å². The third-order valence-corrected chi connectivity index (χ3v) is 7.15. The van der Waals surface area contributed by atoms with Crippen molar-refractivity contribution in [1.29, 1.82) is 0 Å². The van der Waals surface area contributed by atoms with Gasteiger partial charge >= 0.3 is 6.18 Å². The Hall–Kier alpha value is -3.93. The molecule has 0 aliphatic carbocycles. The van der Waals surface area contributed by atoms with Gasteiger partial charge in [0.25, 0.3) is 0 Å². The highest BCUT2D eigenvalue weighted by Crippen LogP contribution is 2.40. The average molecular weight is 544 g/mol. The fourth-order valence-corrected chi connectivity index (χ4v) is 5.19. The summed E-state index contributed by atoms with van der Waals surface area (Å²) in [6.07, 6.45) is -2.36. The number of hydrogen-bond donors (Lipinski definition) is 2. The van der Waals surface area contributed by atoms with Gasteiger partial charge in [0.2, 0.25) is 17.7 Å². The number of fused-ring (bicyclic) bond motifs is 1. The predicted molar refractivity (Wildman–Crippen MR) is 137 cm³/mol. The second-order valence-electron chi connectivity index (χ2n) is 9.71. The smallest absolute Gasteiger partial charge is 0.413 e. The lowest BCUT2D eigenvalue weighted by molar-refractivity contribution is -0.190. The molecule has 2 N–H and O–H groups in total. The number of carbonyl (C=O) groups is 2. The van der Waals surface area contributed by atoms with Crippen LogP contribution >= 0.6 is 0 Å². The van der Waals surface area contributed by atoms with E-state index in [2.05, 4.69) is 20.6 Å². The summed E-state index contributed by atoms with van der Waals surface area (Å²) in [5.74, 6) is -1.39. The molecular weight excluding hydrogens is 515 g/mol. The molecule has 0 radical (unpaired) electrons. The topological polar surface area (TPSA) is 106 Å². The summed E-state index contributed by atoms with van der Waals surface area (Å²) in [6.45, 7) is 1.16. The molecular formula is C27H28F3N5O4. The Morgan fingerprint density at radius 2 is 2.00 bits per heavy atom. The zero-order chi connectivity index (χ0) is 27.7. The zero-order valence-electron chi connectivity index (χ0n) is 21.4. The molecule has 1 aromatic carbocycles. The molecule has 0 spiro atoms. The van der Waals surface area contributed by atoms with Crippen LogP contribution in [-0.2, 0) is 14.3 Å². The number of ether oxygens (including phenoxy) is 2. The Morgan fingerprint density at radius 1 is 1.23 bits per heavy atom. The Morgan fingerprint density at radius 3 is 2.62 bits per heavy atom. The number of nitrogens with zero attached hydrogens (tertiary/aromatic N) is 3. The summed E-state index contributed by atoms with van der Waals surface area (Å²) in [6, 6.07) is 7.16. The van der Waals surface area contributed by atoms with Gasteiger partial charge in [-0.15, -0.1) is 0 Å². The van der Waals surface area contributed by atoms with E-state index in [4.69, 9.17) is 9.47 Å². The highest BCUT2D eigenvalue weighted by atomic mass is 19.4. The largest absolute Gasteiger partial charge is 0.481 e. The fraction of sp³-hybridized carbons (Fsp3) is 0.407. The van der Waals surface area contributed by atoms with Gasteiger partial charge in [0.15, 0.2) is 6.04 Å². The molecule has 4 heterocycles. The van der Waals surface area contributed by atoms with Crippen molar-refractivity contribution in [1.82, 2.24) is 20.2 Å². The molecule has 206 valence electrons. The van der Waals surface area contributed by atoms with Gasteiger partial charge < -0.3 is 25.0 Å². The van der Waals surface area contributed by atoms with Crippen LogP contribution in [0.1, 0.15) is 35.9 Å². The number of nitrogens with one attached hydrogen (secondary N) is 2. The maximum atomic E-state index is 14.1. The zero-order valence-corrected chi connectivity index (χ0v) is 21.4. The van der Waals surface area contributed by atoms with Crippen LogP contribution in [0.2, 0.25) is 0 Å². The number of alkyl halides is 3. The molecule has 12 heteroatoms. The first kappa shape index (κ1) is 26.7. The van der Waals surface area contributed by atoms with Crippen molar-refractivity contribution in [2.24, 2.45) is 5.92 Å². The van der Waals surface area contributed by atoms with Crippen LogP contribution in [0, 0.1) is 5.92 Å². The lowest BCUT2D eigenvalue weighted by Gasteiger charge is -2.32. The number of anilines is 2. The number of amides is 2. The molecule has 0 unspecified atom stereocenters. The van der Waals surface area contributed by atoms with E-state index in [0.29, 0.717) is 46.4 Å². The first-order valence-corrected chi connectivity index (χ1v) is 12.5. The molecule has 2 amide bonds. The highest BCUT2D eigenvalue weighted by molar-refractivity contribution is 5.89. The summed E-state index contributed by atoms with van der Waals surface area (Å²) in [5, 5.41) is 5.77. The predicted octanol–water partition coefficient (Wildman–Crippen LogP) is 4.08. The molecule has 3 atom stereocenters. The van der Waals surface area contributed by atoms with Crippen LogP contribution in [0.4, 0.5) is 24.5 Å². The maximum absolute atomic E-state index is 14.1. The van der Waals surface area contributed by atoms with Crippen LogP contribution < -0.4 is 15.4 Å². The van der Waals surface area contributed by atoms with Crippen molar-refractivity contribution in [2.75, 3.05) is 39.2 Å². The van der Waals surface area contributed by atoms with Crippen molar-refractivity contribution >= 4 is 34.2 Å². The Balaban J connectivity index is 1.43. The van der Waals surface area contributed by atoms with Crippen molar-refractivity contribution < 1.29 is 32.2 Å². The molecule has 39 heavy (non-hydrogen) atoms. The van der Waals surface area contributed by atoms with E-state index in [-0.39, 0.29) is 30.4 Å². The Kier molecular flexibility index (Phi) is 7.30. The fourth-order valence-electron chi connectivity index (χ4n) is 5.19. The van der Waals surface area contributed by atoms with Crippen molar-refractivity contribution in [3.8, 4) is 5.88 Å².